The lowest BCUT2D eigenvalue weighted by Crippen LogP contribution is -2.40. The topological polar surface area (TPSA) is 62.3 Å². The van der Waals surface area contributed by atoms with E-state index in [2.05, 4.69) is 35.2 Å². The summed E-state index contributed by atoms with van der Waals surface area (Å²) in [6.07, 6.45) is 2.06. The minimum atomic E-state index is 0.00753. The van der Waals surface area contributed by atoms with Gasteiger partial charge in [0.05, 0.1) is 17.7 Å². The number of fused-ring (bicyclic) bond motifs is 1. The van der Waals surface area contributed by atoms with E-state index < -0.39 is 0 Å². The summed E-state index contributed by atoms with van der Waals surface area (Å²) < 4.78 is 6.50. The van der Waals surface area contributed by atoms with Gasteiger partial charge in [-0.1, -0.05) is 24.3 Å². The maximum Gasteiger partial charge on any atom is 0.140 e. The van der Waals surface area contributed by atoms with Crippen molar-refractivity contribution in [3.05, 3.63) is 64.7 Å². The first kappa shape index (κ1) is 16.1. The van der Waals surface area contributed by atoms with Gasteiger partial charge in [0.15, 0.2) is 0 Å². The summed E-state index contributed by atoms with van der Waals surface area (Å²) >= 11 is 0. The van der Waals surface area contributed by atoms with E-state index in [-0.39, 0.29) is 12.1 Å². The summed E-state index contributed by atoms with van der Waals surface area (Å²) in [5.41, 5.74) is 10.4. The molecule has 0 saturated carbocycles. The lowest BCUT2D eigenvalue weighted by molar-refractivity contribution is 0.0927. The smallest absolute Gasteiger partial charge is 0.140 e. The average molecular weight is 333 g/mol. The lowest BCUT2D eigenvalue weighted by atomic mass is 10.1. The number of nitriles is 1. The molecule has 0 bridgehead atoms. The highest BCUT2D eigenvalue weighted by Crippen LogP contribution is 2.39. The van der Waals surface area contributed by atoms with Gasteiger partial charge in [-0.25, -0.2) is 0 Å². The first-order valence-electron chi connectivity index (χ1n) is 8.90. The van der Waals surface area contributed by atoms with E-state index in [9.17, 15) is 0 Å². The van der Waals surface area contributed by atoms with Gasteiger partial charge >= 0.3 is 0 Å². The van der Waals surface area contributed by atoms with Crippen molar-refractivity contribution in [3.8, 4) is 11.8 Å². The zero-order valence-corrected chi connectivity index (χ0v) is 14.5. The van der Waals surface area contributed by atoms with Crippen molar-refractivity contribution in [1.82, 2.24) is 4.90 Å². The Balaban J connectivity index is 1.65. The van der Waals surface area contributed by atoms with Crippen molar-refractivity contribution in [2.45, 2.75) is 38.0 Å². The van der Waals surface area contributed by atoms with Crippen LogP contribution >= 0.6 is 0 Å². The maximum absolute atomic E-state index is 9.07. The number of nitrogens with zero attached hydrogens (tertiary/aromatic N) is 2. The molecule has 4 nitrogen and oxygen atoms in total. The molecule has 1 heterocycles. The Morgan fingerprint density at radius 3 is 2.80 bits per heavy atom. The minimum Gasteiger partial charge on any atom is -0.484 e. The summed E-state index contributed by atoms with van der Waals surface area (Å²) in [6.45, 7) is 3.97. The van der Waals surface area contributed by atoms with Crippen molar-refractivity contribution in [3.63, 3.8) is 0 Å². The second kappa shape index (κ2) is 6.51. The number of hydrogen-bond acceptors (Lipinski definition) is 4. The first-order chi connectivity index (χ1) is 12.2. The molecule has 1 fully saturated rings. The number of rotatable bonds is 3. The highest BCUT2D eigenvalue weighted by atomic mass is 16.5. The van der Waals surface area contributed by atoms with Crippen molar-refractivity contribution < 1.29 is 4.74 Å². The van der Waals surface area contributed by atoms with Crippen LogP contribution in [-0.4, -0.2) is 30.1 Å². The molecule has 0 aromatic heterocycles. The summed E-state index contributed by atoms with van der Waals surface area (Å²) in [7, 11) is 0. The Morgan fingerprint density at radius 1 is 1.24 bits per heavy atom. The van der Waals surface area contributed by atoms with Crippen LogP contribution < -0.4 is 10.5 Å². The van der Waals surface area contributed by atoms with Gasteiger partial charge in [-0.2, -0.15) is 5.26 Å². The Bertz CT molecular complexity index is 826. The zero-order valence-electron chi connectivity index (χ0n) is 14.5. The van der Waals surface area contributed by atoms with Gasteiger partial charge in [0, 0.05) is 19.1 Å². The van der Waals surface area contributed by atoms with Gasteiger partial charge in [-0.15, -0.1) is 0 Å². The number of nitrogens with two attached hydrogens (primary N) is 1. The predicted octanol–water partition coefficient (Wildman–Crippen LogP) is 2.94. The second-order valence-corrected chi connectivity index (χ2v) is 7.14. The number of ether oxygens (including phenoxy) is 1. The molecule has 1 aliphatic heterocycles. The van der Waals surface area contributed by atoms with Crippen LogP contribution in [0.25, 0.3) is 0 Å². The molecule has 2 aromatic rings. The SMILES string of the molecule is Cc1cc(C#N)ccc1O[C@@H]1c2ccccc2C[C@H]1N1CC[C@@H](N)C1. The number of benzene rings is 2. The minimum absolute atomic E-state index is 0.00753. The van der Waals surface area contributed by atoms with E-state index in [0.29, 0.717) is 11.6 Å². The molecule has 0 radical (unpaired) electrons. The highest BCUT2D eigenvalue weighted by Gasteiger charge is 2.40. The van der Waals surface area contributed by atoms with Crippen molar-refractivity contribution >= 4 is 0 Å². The Labute approximate surface area is 148 Å². The molecule has 2 aliphatic rings. The molecule has 1 saturated heterocycles. The molecule has 128 valence electrons. The third kappa shape index (κ3) is 3.02. The standard InChI is InChI=1S/C21H23N3O/c1-14-10-15(12-22)6-7-20(14)25-21-18-5-3-2-4-16(18)11-19(21)24-9-8-17(23)13-24/h2-7,10,17,19,21H,8-9,11,13,23H2,1H3/t17-,19-,21-/m1/s1. The summed E-state index contributed by atoms with van der Waals surface area (Å²) in [6, 6.07) is 17.0. The molecular weight excluding hydrogens is 310 g/mol. The fourth-order valence-corrected chi connectivity index (χ4v) is 4.10. The van der Waals surface area contributed by atoms with Crippen LogP contribution in [0.4, 0.5) is 0 Å². The molecule has 4 rings (SSSR count). The average Bonchev–Trinajstić information content (AvgIpc) is 3.20. The van der Waals surface area contributed by atoms with Gasteiger partial charge in [-0.3, -0.25) is 4.90 Å². The Morgan fingerprint density at radius 2 is 2.08 bits per heavy atom. The van der Waals surface area contributed by atoms with Crippen molar-refractivity contribution in [2.24, 2.45) is 5.73 Å². The van der Waals surface area contributed by atoms with Gasteiger partial charge in [-0.05, 0) is 54.7 Å². The molecule has 3 atom stereocenters. The fraction of sp³-hybridized carbons (Fsp3) is 0.381. The van der Waals surface area contributed by atoms with Crippen LogP contribution in [0.1, 0.15) is 34.8 Å². The highest BCUT2D eigenvalue weighted by molar-refractivity contribution is 5.43. The summed E-state index contributed by atoms with van der Waals surface area (Å²) in [4.78, 5) is 2.48. The molecule has 2 N–H and O–H groups in total. The molecule has 2 aromatic carbocycles. The quantitative estimate of drug-likeness (QED) is 0.938. The monoisotopic (exact) mass is 333 g/mol. The second-order valence-electron chi connectivity index (χ2n) is 7.14. The summed E-state index contributed by atoms with van der Waals surface area (Å²) in [5, 5.41) is 9.07. The maximum atomic E-state index is 9.07. The van der Waals surface area contributed by atoms with E-state index in [0.717, 1.165) is 37.2 Å². The molecule has 0 unspecified atom stereocenters. The fourth-order valence-electron chi connectivity index (χ4n) is 4.10. The molecular formula is C21H23N3O. The van der Waals surface area contributed by atoms with E-state index in [1.54, 1.807) is 0 Å². The third-order valence-electron chi connectivity index (χ3n) is 5.42. The van der Waals surface area contributed by atoms with E-state index in [1.165, 1.54) is 11.1 Å². The third-order valence-corrected chi connectivity index (χ3v) is 5.42. The zero-order chi connectivity index (χ0) is 17.4. The van der Waals surface area contributed by atoms with Crippen LogP contribution in [0.3, 0.4) is 0 Å². The van der Waals surface area contributed by atoms with Crippen LogP contribution in [0.5, 0.6) is 5.75 Å². The van der Waals surface area contributed by atoms with E-state index in [4.69, 9.17) is 15.7 Å². The lowest BCUT2D eigenvalue weighted by Gasteiger charge is -2.30. The van der Waals surface area contributed by atoms with Crippen LogP contribution in [0.15, 0.2) is 42.5 Å². The van der Waals surface area contributed by atoms with Crippen LogP contribution in [0, 0.1) is 18.3 Å². The molecule has 25 heavy (non-hydrogen) atoms. The Hall–Kier alpha value is -2.35. The van der Waals surface area contributed by atoms with Gasteiger partial charge < -0.3 is 10.5 Å². The van der Waals surface area contributed by atoms with E-state index in [1.807, 2.05) is 25.1 Å². The molecule has 4 heteroatoms. The van der Waals surface area contributed by atoms with Crippen molar-refractivity contribution in [1.29, 1.82) is 5.26 Å². The predicted molar refractivity (Wildman–Crippen MR) is 97.4 cm³/mol. The number of hydrogen-bond donors (Lipinski definition) is 1. The first-order valence-corrected chi connectivity index (χ1v) is 8.90. The van der Waals surface area contributed by atoms with E-state index >= 15 is 0 Å². The number of likely N-dealkylation sites (tertiary alicyclic amines) is 1. The van der Waals surface area contributed by atoms with Gasteiger partial charge in [0.1, 0.15) is 11.9 Å². The normalized spacial score (nSPS) is 25.6. The Kier molecular flexibility index (Phi) is 4.20. The van der Waals surface area contributed by atoms with Gasteiger partial charge in [0.25, 0.3) is 0 Å². The molecule has 0 spiro atoms. The van der Waals surface area contributed by atoms with Crippen LogP contribution in [-0.2, 0) is 6.42 Å². The molecule has 1 aliphatic carbocycles. The van der Waals surface area contributed by atoms with Crippen LogP contribution in [0.2, 0.25) is 0 Å². The van der Waals surface area contributed by atoms with Crippen molar-refractivity contribution in [2.75, 3.05) is 13.1 Å². The molecule has 0 amide bonds. The largest absolute Gasteiger partial charge is 0.484 e. The van der Waals surface area contributed by atoms with Gasteiger partial charge in [0.2, 0.25) is 0 Å². The number of aryl methyl sites for hydroxylation is 1. The summed E-state index contributed by atoms with van der Waals surface area (Å²) in [5.74, 6) is 0.856.